The maximum atomic E-state index is 8.85. The van der Waals surface area contributed by atoms with E-state index in [-0.39, 0.29) is 6.61 Å². The van der Waals surface area contributed by atoms with Crippen molar-refractivity contribution in [2.45, 2.75) is 20.1 Å². The van der Waals surface area contributed by atoms with Gasteiger partial charge in [0.15, 0.2) is 0 Å². The number of hydrogen-bond acceptors (Lipinski definition) is 4. The van der Waals surface area contributed by atoms with Gasteiger partial charge in [0.05, 0.1) is 25.0 Å². The molecule has 0 aromatic carbocycles. The summed E-state index contributed by atoms with van der Waals surface area (Å²) in [7, 11) is 0. The maximum Gasteiger partial charge on any atom is 0.137 e. The summed E-state index contributed by atoms with van der Waals surface area (Å²) in [6.07, 6.45) is 5.31. The summed E-state index contributed by atoms with van der Waals surface area (Å²) in [5.41, 5.74) is 0.641. The van der Waals surface area contributed by atoms with Crippen LogP contribution >= 0.6 is 0 Å². The molecule has 1 N–H and O–H groups in total. The van der Waals surface area contributed by atoms with Crippen LogP contribution in [0.15, 0.2) is 30.7 Å². The van der Waals surface area contributed by atoms with E-state index >= 15 is 0 Å². The average molecular weight is 233 g/mol. The first-order valence-electron chi connectivity index (χ1n) is 5.46. The lowest BCUT2D eigenvalue weighted by Gasteiger charge is -2.07. The third kappa shape index (κ3) is 3.04. The lowest BCUT2D eigenvalue weighted by molar-refractivity contribution is 0.274. The van der Waals surface area contributed by atoms with Crippen molar-refractivity contribution in [3.63, 3.8) is 0 Å². The molecular weight excluding hydrogens is 218 g/mol. The number of aliphatic hydroxyl groups excluding tert-OH is 1. The molecule has 0 aliphatic rings. The largest absolute Gasteiger partial charge is 0.490 e. The number of pyridine rings is 1. The number of nitrogens with zero attached hydrogens (tertiary/aromatic N) is 3. The lowest BCUT2D eigenvalue weighted by Crippen LogP contribution is -2.09. The molecule has 0 atom stereocenters. The van der Waals surface area contributed by atoms with Gasteiger partial charge < -0.3 is 14.4 Å². The van der Waals surface area contributed by atoms with E-state index in [4.69, 9.17) is 9.84 Å². The van der Waals surface area contributed by atoms with Crippen LogP contribution in [0.3, 0.4) is 0 Å². The molecule has 2 aromatic rings. The van der Waals surface area contributed by atoms with Gasteiger partial charge in [0.2, 0.25) is 0 Å². The average Bonchev–Trinajstić information content (AvgIpc) is 2.76. The van der Waals surface area contributed by atoms with Crippen molar-refractivity contribution < 1.29 is 9.84 Å². The number of aromatic nitrogens is 3. The van der Waals surface area contributed by atoms with Crippen LogP contribution in [0.1, 0.15) is 11.5 Å². The van der Waals surface area contributed by atoms with Gasteiger partial charge in [-0.1, -0.05) is 0 Å². The van der Waals surface area contributed by atoms with Crippen LogP contribution in [0.2, 0.25) is 0 Å². The molecule has 2 heterocycles. The first kappa shape index (κ1) is 11.6. The van der Waals surface area contributed by atoms with Crippen LogP contribution in [0.4, 0.5) is 0 Å². The Morgan fingerprint density at radius 3 is 2.82 bits per heavy atom. The summed E-state index contributed by atoms with van der Waals surface area (Å²) < 4.78 is 7.56. The lowest BCUT2D eigenvalue weighted by atomic mass is 10.3. The fourth-order valence-corrected chi connectivity index (χ4v) is 1.49. The number of aryl methyl sites for hydroxylation is 1. The van der Waals surface area contributed by atoms with E-state index in [9.17, 15) is 0 Å². The van der Waals surface area contributed by atoms with E-state index in [1.165, 1.54) is 0 Å². The van der Waals surface area contributed by atoms with Crippen LogP contribution in [0, 0.1) is 6.92 Å². The van der Waals surface area contributed by atoms with E-state index in [1.807, 2.05) is 17.7 Å². The summed E-state index contributed by atoms with van der Waals surface area (Å²) in [6.45, 7) is 3.23. The molecule has 2 aromatic heterocycles. The van der Waals surface area contributed by atoms with E-state index in [0.717, 1.165) is 12.4 Å². The molecule has 5 heteroatoms. The first-order valence-corrected chi connectivity index (χ1v) is 5.46. The SMILES string of the molecule is Cc1nccn1CCOc1ccc(CO)nc1. The molecule has 0 fully saturated rings. The highest BCUT2D eigenvalue weighted by atomic mass is 16.5. The summed E-state index contributed by atoms with van der Waals surface area (Å²) in [5.74, 6) is 1.68. The maximum absolute atomic E-state index is 8.85. The molecule has 0 saturated heterocycles. The van der Waals surface area contributed by atoms with Crippen molar-refractivity contribution in [2.24, 2.45) is 0 Å². The van der Waals surface area contributed by atoms with E-state index in [2.05, 4.69) is 9.97 Å². The van der Waals surface area contributed by atoms with Gasteiger partial charge in [0, 0.05) is 12.4 Å². The minimum absolute atomic E-state index is 0.0471. The standard InChI is InChI=1S/C12H15N3O2/c1-10-13-4-5-15(10)6-7-17-12-3-2-11(9-16)14-8-12/h2-5,8,16H,6-7,9H2,1H3. The van der Waals surface area contributed by atoms with Gasteiger partial charge in [-0.3, -0.25) is 4.98 Å². The Labute approximate surface area is 99.7 Å². The van der Waals surface area contributed by atoms with Crippen molar-refractivity contribution in [1.29, 1.82) is 0 Å². The molecule has 17 heavy (non-hydrogen) atoms. The van der Waals surface area contributed by atoms with Gasteiger partial charge in [-0.2, -0.15) is 0 Å². The molecule has 0 bridgehead atoms. The molecule has 0 saturated carbocycles. The first-order chi connectivity index (χ1) is 8.29. The van der Waals surface area contributed by atoms with Gasteiger partial charge in [-0.05, 0) is 19.1 Å². The quantitative estimate of drug-likeness (QED) is 0.841. The van der Waals surface area contributed by atoms with Gasteiger partial charge in [0.25, 0.3) is 0 Å². The van der Waals surface area contributed by atoms with Gasteiger partial charge in [-0.15, -0.1) is 0 Å². The third-order valence-electron chi connectivity index (χ3n) is 2.48. The molecule has 0 amide bonds. The fraction of sp³-hybridized carbons (Fsp3) is 0.333. The zero-order valence-corrected chi connectivity index (χ0v) is 9.71. The molecule has 0 aliphatic heterocycles. The second kappa shape index (κ2) is 5.45. The Bertz CT molecular complexity index is 465. The topological polar surface area (TPSA) is 60.2 Å². The third-order valence-corrected chi connectivity index (χ3v) is 2.48. The van der Waals surface area contributed by atoms with E-state index in [1.54, 1.807) is 24.5 Å². The minimum atomic E-state index is -0.0471. The number of hydrogen-bond donors (Lipinski definition) is 1. The molecule has 0 radical (unpaired) electrons. The summed E-state index contributed by atoms with van der Waals surface area (Å²) in [4.78, 5) is 8.17. The van der Waals surface area contributed by atoms with Crippen molar-refractivity contribution in [2.75, 3.05) is 6.61 Å². The van der Waals surface area contributed by atoms with Crippen molar-refractivity contribution in [3.8, 4) is 5.75 Å². The van der Waals surface area contributed by atoms with Crippen molar-refractivity contribution in [1.82, 2.24) is 14.5 Å². The fourth-order valence-electron chi connectivity index (χ4n) is 1.49. The molecular formula is C12H15N3O2. The second-order valence-electron chi connectivity index (χ2n) is 3.66. The van der Waals surface area contributed by atoms with Crippen molar-refractivity contribution in [3.05, 3.63) is 42.2 Å². The molecule has 5 nitrogen and oxygen atoms in total. The van der Waals surface area contributed by atoms with Crippen molar-refractivity contribution >= 4 is 0 Å². The zero-order chi connectivity index (χ0) is 12.1. The van der Waals surface area contributed by atoms with Gasteiger partial charge in [-0.25, -0.2) is 4.98 Å². The molecule has 0 spiro atoms. The second-order valence-corrected chi connectivity index (χ2v) is 3.66. The Morgan fingerprint density at radius 2 is 2.24 bits per heavy atom. The number of imidazole rings is 1. The van der Waals surface area contributed by atoms with Crippen LogP contribution in [0.25, 0.3) is 0 Å². The monoisotopic (exact) mass is 233 g/mol. The Kier molecular flexibility index (Phi) is 3.72. The highest BCUT2D eigenvalue weighted by Crippen LogP contribution is 2.09. The summed E-state index contributed by atoms with van der Waals surface area (Å²) in [6, 6.07) is 3.55. The zero-order valence-electron chi connectivity index (χ0n) is 9.71. The predicted molar refractivity (Wildman–Crippen MR) is 62.6 cm³/mol. The number of rotatable bonds is 5. The highest BCUT2D eigenvalue weighted by Gasteiger charge is 1.98. The van der Waals surface area contributed by atoms with Crippen LogP contribution < -0.4 is 4.74 Å². The molecule has 2 rings (SSSR count). The van der Waals surface area contributed by atoms with Crippen LogP contribution in [-0.4, -0.2) is 26.2 Å². The smallest absolute Gasteiger partial charge is 0.137 e. The van der Waals surface area contributed by atoms with E-state index < -0.39 is 0 Å². The Balaban J connectivity index is 1.83. The Morgan fingerprint density at radius 1 is 1.35 bits per heavy atom. The normalized spacial score (nSPS) is 10.5. The van der Waals surface area contributed by atoms with Crippen LogP contribution in [0.5, 0.6) is 5.75 Å². The predicted octanol–water partition coefficient (Wildman–Crippen LogP) is 1.16. The highest BCUT2D eigenvalue weighted by molar-refractivity contribution is 5.19. The summed E-state index contributed by atoms with van der Waals surface area (Å²) in [5, 5.41) is 8.85. The van der Waals surface area contributed by atoms with Gasteiger partial charge in [0.1, 0.15) is 18.2 Å². The number of ether oxygens (including phenoxy) is 1. The Hall–Kier alpha value is -1.88. The minimum Gasteiger partial charge on any atom is -0.490 e. The molecule has 0 unspecified atom stereocenters. The summed E-state index contributed by atoms with van der Waals surface area (Å²) >= 11 is 0. The molecule has 90 valence electrons. The number of aliphatic hydroxyl groups is 1. The van der Waals surface area contributed by atoms with Gasteiger partial charge >= 0.3 is 0 Å². The molecule has 0 aliphatic carbocycles. The van der Waals surface area contributed by atoms with E-state index in [0.29, 0.717) is 18.1 Å². The van der Waals surface area contributed by atoms with Crippen LogP contribution in [-0.2, 0) is 13.2 Å².